The summed E-state index contributed by atoms with van der Waals surface area (Å²) in [4.78, 5) is 39.4. The van der Waals surface area contributed by atoms with Gasteiger partial charge in [0.05, 0.1) is 5.56 Å². The fraction of sp³-hybridized carbons (Fsp3) is 0.0952. The van der Waals surface area contributed by atoms with Gasteiger partial charge in [-0.05, 0) is 29.3 Å². The molecule has 0 saturated heterocycles. The van der Waals surface area contributed by atoms with Crippen LogP contribution in [0.1, 0.15) is 37.9 Å². The fourth-order valence-electron chi connectivity index (χ4n) is 3.10. The molecule has 0 radical (unpaired) electrons. The quantitative estimate of drug-likeness (QED) is 0.703. The first-order valence-electron chi connectivity index (χ1n) is 8.49. The Balaban J connectivity index is 1.61. The maximum Gasteiger partial charge on any atom is 0.339 e. The van der Waals surface area contributed by atoms with Crippen molar-refractivity contribution in [2.45, 2.75) is 12.5 Å². The van der Waals surface area contributed by atoms with E-state index < -0.39 is 11.9 Å². The van der Waals surface area contributed by atoms with Gasteiger partial charge in [-0.1, -0.05) is 30.3 Å². The molecule has 6 heteroatoms. The zero-order chi connectivity index (χ0) is 18.8. The predicted octanol–water partition coefficient (Wildman–Crippen LogP) is 3.08. The Morgan fingerprint density at radius 2 is 1.89 bits per heavy atom. The summed E-state index contributed by atoms with van der Waals surface area (Å²) in [6.45, 7) is 0. The van der Waals surface area contributed by atoms with E-state index in [0.29, 0.717) is 17.5 Å². The van der Waals surface area contributed by atoms with Crippen molar-refractivity contribution in [3.8, 4) is 0 Å². The van der Waals surface area contributed by atoms with E-state index in [-0.39, 0.29) is 17.2 Å². The van der Waals surface area contributed by atoms with Crippen LogP contribution in [0.25, 0.3) is 0 Å². The molecule has 2 aromatic carbocycles. The Hall–Kier alpha value is -3.67. The van der Waals surface area contributed by atoms with Crippen LogP contribution in [0, 0.1) is 0 Å². The van der Waals surface area contributed by atoms with E-state index in [1.165, 1.54) is 18.5 Å². The number of pyridine rings is 1. The second-order valence-corrected chi connectivity index (χ2v) is 6.26. The lowest BCUT2D eigenvalue weighted by Gasteiger charge is -2.25. The lowest BCUT2D eigenvalue weighted by molar-refractivity contribution is 0.0252. The molecule has 0 saturated carbocycles. The number of amides is 1. The first kappa shape index (κ1) is 16.8. The molecule has 2 heterocycles. The summed E-state index contributed by atoms with van der Waals surface area (Å²) in [7, 11) is 0. The molecule has 1 atom stereocenters. The van der Waals surface area contributed by atoms with Gasteiger partial charge in [0.15, 0.2) is 0 Å². The number of carbonyl (C=O) groups excluding carboxylic acids is 2. The van der Waals surface area contributed by atoms with Crippen LogP contribution in [0.5, 0.6) is 0 Å². The number of rotatable bonds is 3. The number of esters is 1. The van der Waals surface area contributed by atoms with Gasteiger partial charge in [0, 0.05) is 30.4 Å². The van der Waals surface area contributed by atoms with Crippen LogP contribution in [-0.2, 0) is 11.2 Å². The largest absolute Gasteiger partial charge is 0.454 e. The van der Waals surface area contributed by atoms with Gasteiger partial charge >= 0.3 is 5.97 Å². The maximum absolute atomic E-state index is 12.5. The van der Waals surface area contributed by atoms with Crippen molar-refractivity contribution < 1.29 is 14.3 Å². The number of aromatic amines is 1. The molecule has 1 unspecified atom stereocenters. The van der Waals surface area contributed by atoms with Crippen molar-refractivity contribution in [2.75, 3.05) is 5.32 Å². The van der Waals surface area contributed by atoms with Crippen LogP contribution >= 0.6 is 0 Å². The van der Waals surface area contributed by atoms with E-state index >= 15 is 0 Å². The third kappa shape index (κ3) is 3.37. The average molecular weight is 360 g/mol. The van der Waals surface area contributed by atoms with Crippen LogP contribution in [0.15, 0.2) is 71.8 Å². The molecule has 0 spiro atoms. The minimum absolute atomic E-state index is 0.168. The topological polar surface area (TPSA) is 88.3 Å². The van der Waals surface area contributed by atoms with E-state index in [0.717, 1.165) is 11.1 Å². The number of benzene rings is 2. The second kappa shape index (κ2) is 6.92. The number of ether oxygens (including phenoxy) is 1. The molecule has 1 aliphatic heterocycles. The van der Waals surface area contributed by atoms with Gasteiger partial charge < -0.3 is 15.0 Å². The molecule has 4 rings (SSSR count). The van der Waals surface area contributed by atoms with Gasteiger partial charge in [-0.15, -0.1) is 0 Å². The van der Waals surface area contributed by atoms with Crippen molar-refractivity contribution in [2.24, 2.45) is 0 Å². The number of carbonyl (C=O) groups is 2. The summed E-state index contributed by atoms with van der Waals surface area (Å²) >= 11 is 0. The maximum atomic E-state index is 12.5. The first-order chi connectivity index (χ1) is 13.1. The Kier molecular flexibility index (Phi) is 4.30. The standard InChI is InChI=1S/C21H16N2O4/c24-18-8-9-22-12-17(18)23-20(25)14-6-7-16-15(10-14)11-19(27-21(16)26)13-4-2-1-3-5-13/h1-10,12,19H,11H2,(H,22,24)(H,23,25). The number of fused-ring (bicyclic) bond motifs is 1. The Bertz CT molecular complexity index is 1070. The summed E-state index contributed by atoms with van der Waals surface area (Å²) in [5.41, 5.74) is 2.36. The number of cyclic esters (lactones) is 1. The van der Waals surface area contributed by atoms with Crippen molar-refractivity contribution >= 4 is 17.6 Å². The molecular weight excluding hydrogens is 344 g/mol. The summed E-state index contributed by atoms with van der Waals surface area (Å²) in [5.74, 6) is -0.818. The molecular formula is C21H16N2O4. The predicted molar refractivity (Wildman–Crippen MR) is 99.8 cm³/mol. The highest BCUT2D eigenvalue weighted by Crippen LogP contribution is 2.31. The summed E-state index contributed by atoms with van der Waals surface area (Å²) < 4.78 is 5.53. The minimum atomic E-state index is -0.412. The minimum Gasteiger partial charge on any atom is -0.454 e. The van der Waals surface area contributed by atoms with Crippen molar-refractivity contribution in [1.82, 2.24) is 4.98 Å². The highest BCUT2D eigenvalue weighted by Gasteiger charge is 2.28. The van der Waals surface area contributed by atoms with Gasteiger partial charge in [-0.2, -0.15) is 0 Å². The Morgan fingerprint density at radius 3 is 2.67 bits per heavy atom. The Labute approximate surface area is 154 Å². The Morgan fingerprint density at radius 1 is 1.07 bits per heavy atom. The molecule has 3 aromatic rings. The molecule has 0 fully saturated rings. The van der Waals surface area contributed by atoms with Crippen LogP contribution in [-0.4, -0.2) is 16.9 Å². The van der Waals surface area contributed by atoms with Gasteiger partial charge in [-0.3, -0.25) is 9.59 Å². The lowest BCUT2D eigenvalue weighted by Crippen LogP contribution is -2.23. The molecule has 1 amide bonds. The van der Waals surface area contributed by atoms with Gasteiger partial charge in [0.25, 0.3) is 5.91 Å². The smallest absolute Gasteiger partial charge is 0.339 e. The number of anilines is 1. The zero-order valence-electron chi connectivity index (χ0n) is 14.3. The van der Waals surface area contributed by atoms with E-state index in [9.17, 15) is 14.4 Å². The molecule has 0 aliphatic carbocycles. The lowest BCUT2D eigenvalue weighted by atomic mass is 9.93. The van der Waals surface area contributed by atoms with Crippen molar-refractivity contribution in [3.05, 3.63) is 99.5 Å². The third-order valence-electron chi connectivity index (χ3n) is 4.49. The van der Waals surface area contributed by atoms with E-state index in [4.69, 9.17) is 4.74 Å². The number of H-pyrrole nitrogens is 1. The molecule has 27 heavy (non-hydrogen) atoms. The van der Waals surface area contributed by atoms with Crippen LogP contribution in [0.3, 0.4) is 0 Å². The van der Waals surface area contributed by atoms with Gasteiger partial charge in [0.1, 0.15) is 11.8 Å². The summed E-state index contributed by atoms with van der Waals surface area (Å²) in [6.07, 6.45) is 3.02. The third-order valence-corrected chi connectivity index (χ3v) is 4.49. The summed E-state index contributed by atoms with van der Waals surface area (Å²) in [5, 5.41) is 2.59. The van der Waals surface area contributed by atoms with Crippen molar-refractivity contribution in [3.63, 3.8) is 0 Å². The molecule has 6 nitrogen and oxygen atoms in total. The number of aromatic nitrogens is 1. The van der Waals surface area contributed by atoms with E-state index in [1.807, 2.05) is 30.3 Å². The van der Waals surface area contributed by atoms with Gasteiger partial charge in [-0.25, -0.2) is 4.79 Å². The first-order valence-corrected chi connectivity index (χ1v) is 8.49. The normalized spacial score (nSPS) is 15.6. The molecule has 1 aromatic heterocycles. The molecule has 0 bridgehead atoms. The highest BCUT2D eigenvalue weighted by atomic mass is 16.5. The molecule has 134 valence electrons. The average Bonchev–Trinajstić information content (AvgIpc) is 2.70. The van der Waals surface area contributed by atoms with Crippen molar-refractivity contribution in [1.29, 1.82) is 0 Å². The monoisotopic (exact) mass is 360 g/mol. The zero-order valence-corrected chi connectivity index (χ0v) is 14.3. The van der Waals surface area contributed by atoms with Gasteiger partial charge in [0.2, 0.25) is 5.43 Å². The number of nitrogens with one attached hydrogen (secondary N) is 2. The molecule has 2 N–H and O–H groups in total. The number of hydrogen-bond acceptors (Lipinski definition) is 4. The second-order valence-electron chi connectivity index (χ2n) is 6.26. The summed E-state index contributed by atoms with van der Waals surface area (Å²) in [6, 6.07) is 15.6. The molecule has 1 aliphatic rings. The number of hydrogen-bond donors (Lipinski definition) is 2. The van der Waals surface area contributed by atoms with Crippen LogP contribution in [0.2, 0.25) is 0 Å². The van der Waals surface area contributed by atoms with E-state index in [1.54, 1.807) is 18.2 Å². The van der Waals surface area contributed by atoms with Crippen LogP contribution in [0.4, 0.5) is 5.69 Å². The fourth-order valence-corrected chi connectivity index (χ4v) is 3.10. The highest BCUT2D eigenvalue weighted by molar-refractivity contribution is 6.05. The SMILES string of the molecule is O=C(Nc1c[nH]ccc1=O)c1ccc2c(c1)CC(c1ccccc1)OC2=O. The van der Waals surface area contributed by atoms with E-state index in [2.05, 4.69) is 10.3 Å². The van der Waals surface area contributed by atoms with Crippen LogP contribution < -0.4 is 10.7 Å².